The molecule has 12 heteroatoms. The van der Waals surface area contributed by atoms with Crippen LogP contribution >= 0.6 is 0 Å². The lowest BCUT2D eigenvalue weighted by Crippen LogP contribution is -2.40. The SMILES string of the molecule is CN(C)C(=O)CC(c1ccc(OC(F)F)c(OC(F)F)c1)N1C(=O)c2ccccc2C1C(N)=O. The van der Waals surface area contributed by atoms with E-state index in [1.165, 1.54) is 31.1 Å². The number of nitrogens with two attached hydrogens (primary N) is 1. The van der Waals surface area contributed by atoms with Gasteiger partial charge in [-0.3, -0.25) is 14.4 Å². The van der Waals surface area contributed by atoms with Crippen LogP contribution in [-0.2, 0) is 9.59 Å². The molecule has 0 saturated heterocycles. The predicted molar refractivity (Wildman–Crippen MR) is 110 cm³/mol. The van der Waals surface area contributed by atoms with Crippen molar-refractivity contribution in [2.24, 2.45) is 5.73 Å². The number of benzene rings is 2. The van der Waals surface area contributed by atoms with Crippen molar-refractivity contribution in [2.75, 3.05) is 14.1 Å². The van der Waals surface area contributed by atoms with E-state index in [9.17, 15) is 31.9 Å². The summed E-state index contributed by atoms with van der Waals surface area (Å²) in [7, 11) is 2.94. The molecule has 0 radical (unpaired) electrons. The average Bonchev–Trinajstić information content (AvgIpc) is 3.05. The van der Waals surface area contributed by atoms with E-state index in [0.29, 0.717) is 5.56 Å². The Kier molecular flexibility index (Phi) is 7.28. The number of hydrogen-bond donors (Lipinski definition) is 1. The number of halogens is 4. The lowest BCUT2D eigenvalue weighted by molar-refractivity contribution is -0.131. The van der Waals surface area contributed by atoms with Crippen LogP contribution in [-0.4, -0.2) is 54.8 Å². The van der Waals surface area contributed by atoms with E-state index >= 15 is 0 Å². The number of rotatable bonds is 9. The Morgan fingerprint density at radius 1 is 1.03 bits per heavy atom. The first-order valence-electron chi connectivity index (χ1n) is 9.95. The number of alkyl halides is 4. The van der Waals surface area contributed by atoms with Crippen molar-refractivity contribution in [3.8, 4) is 11.5 Å². The highest BCUT2D eigenvalue weighted by Gasteiger charge is 2.44. The largest absolute Gasteiger partial charge is 0.431 e. The quantitative estimate of drug-likeness (QED) is 0.553. The van der Waals surface area contributed by atoms with Crippen LogP contribution in [0, 0.1) is 0 Å². The topological polar surface area (TPSA) is 102 Å². The zero-order chi connectivity index (χ0) is 25.2. The monoisotopic (exact) mass is 483 g/mol. The third-order valence-corrected chi connectivity index (χ3v) is 5.26. The van der Waals surface area contributed by atoms with Crippen molar-refractivity contribution >= 4 is 17.7 Å². The molecule has 2 aromatic rings. The second-order valence-electron chi connectivity index (χ2n) is 7.58. The third kappa shape index (κ3) is 5.05. The Morgan fingerprint density at radius 3 is 2.24 bits per heavy atom. The smallest absolute Gasteiger partial charge is 0.387 e. The highest BCUT2D eigenvalue weighted by atomic mass is 19.3. The van der Waals surface area contributed by atoms with Crippen LogP contribution in [0.1, 0.15) is 40.0 Å². The molecule has 8 nitrogen and oxygen atoms in total. The molecule has 0 spiro atoms. The molecular formula is C22H21F4N3O5. The van der Waals surface area contributed by atoms with Gasteiger partial charge in [0.25, 0.3) is 5.91 Å². The summed E-state index contributed by atoms with van der Waals surface area (Å²) < 4.78 is 59.9. The van der Waals surface area contributed by atoms with Gasteiger partial charge in [0.05, 0.1) is 12.5 Å². The molecule has 182 valence electrons. The highest BCUT2D eigenvalue weighted by molar-refractivity contribution is 6.04. The van der Waals surface area contributed by atoms with Gasteiger partial charge >= 0.3 is 13.2 Å². The highest BCUT2D eigenvalue weighted by Crippen LogP contribution is 2.43. The number of carbonyl (C=O) groups excluding carboxylic acids is 3. The molecule has 0 aliphatic carbocycles. The van der Waals surface area contributed by atoms with Crippen LogP contribution in [0.3, 0.4) is 0 Å². The maximum atomic E-state index is 13.3. The van der Waals surface area contributed by atoms with Crippen molar-refractivity contribution in [3.63, 3.8) is 0 Å². The molecule has 0 saturated carbocycles. The molecule has 2 N–H and O–H groups in total. The number of nitrogens with zero attached hydrogens (tertiary/aromatic N) is 2. The molecule has 2 unspecified atom stereocenters. The van der Waals surface area contributed by atoms with Crippen LogP contribution < -0.4 is 15.2 Å². The van der Waals surface area contributed by atoms with Gasteiger partial charge in [-0.25, -0.2) is 0 Å². The molecule has 3 rings (SSSR count). The summed E-state index contributed by atoms with van der Waals surface area (Å²) >= 11 is 0. The van der Waals surface area contributed by atoms with Gasteiger partial charge in [0.1, 0.15) is 6.04 Å². The van der Waals surface area contributed by atoms with E-state index in [0.717, 1.165) is 17.0 Å². The summed E-state index contributed by atoms with van der Waals surface area (Å²) in [6.45, 7) is -6.68. The van der Waals surface area contributed by atoms with Crippen molar-refractivity contribution in [1.82, 2.24) is 9.80 Å². The van der Waals surface area contributed by atoms with E-state index in [4.69, 9.17) is 5.73 Å². The molecule has 0 fully saturated rings. The van der Waals surface area contributed by atoms with Gasteiger partial charge in [0.15, 0.2) is 11.5 Å². The predicted octanol–water partition coefficient (Wildman–Crippen LogP) is 3.09. The molecule has 1 aliphatic rings. The lowest BCUT2D eigenvalue weighted by Gasteiger charge is -2.33. The van der Waals surface area contributed by atoms with E-state index in [-0.39, 0.29) is 17.5 Å². The molecule has 34 heavy (non-hydrogen) atoms. The first-order valence-corrected chi connectivity index (χ1v) is 9.95. The average molecular weight is 483 g/mol. The van der Waals surface area contributed by atoms with E-state index in [2.05, 4.69) is 9.47 Å². The molecule has 0 bridgehead atoms. The van der Waals surface area contributed by atoms with Crippen molar-refractivity contribution in [3.05, 3.63) is 59.2 Å². The maximum Gasteiger partial charge on any atom is 0.387 e. The summed E-state index contributed by atoms with van der Waals surface area (Å²) in [5, 5.41) is 0. The molecule has 3 amide bonds. The Morgan fingerprint density at radius 2 is 1.65 bits per heavy atom. The van der Waals surface area contributed by atoms with E-state index in [1.807, 2.05) is 0 Å². The minimum atomic E-state index is -3.37. The summed E-state index contributed by atoms with van der Waals surface area (Å²) in [6.07, 6.45) is -0.361. The summed E-state index contributed by atoms with van der Waals surface area (Å²) in [4.78, 5) is 40.6. The van der Waals surface area contributed by atoms with Gasteiger partial charge in [-0.1, -0.05) is 24.3 Å². The fraction of sp³-hybridized carbons (Fsp3) is 0.318. The van der Waals surface area contributed by atoms with Gasteiger partial charge in [0.2, 0.25) is 11.8 Å². The Hall–Kier alpha value is -3.83. The van der Waals surface area contributed by atoms with Gasteiger partial charge in [0, 0.05) is 19.7 Å². The van der Waals surface area contributed by atoms with Crippen molar-refractivity contribution in [2.45, 2.75) is 31.7 Å². The van der Waals surface area contributed by atoms with Crippen molar-refractivity contribution in [1.29, 1.82) is 0 Å². The number of hydrogen-bond acceptors (Lipinski definition) is 5. The molecule has 2 atom stereocenters. The van der Waals surface area contributed by atoms with Crippen LogP contribution in [0.2, 0.25) is 0 Å². The Balaban J connectivity index is 2.14. The second kappa shape index (κ2) is 9.98. The zero-order valence-corrected chi connectivity index (χ0v) is 18.1. The normalized spacial score (nSPS) is 15.9. The number of ether oxygens (including phenoxy) is 2. The third-order valence-electron chi connectivity index (χ3n) is 5.26. The Bertz CT molecular complexity index is 1100. The van der Waals surface area contributed by atoms with Crippen LogP contribution in [0.5, 0.6) is 11.5 Å². The number of primary amides is 1. The maximum absolute atomic E-state index is 13.3. The molecular weight excluding hydrogens is 462 g/mol. The van der Waals surface area contributed by atoms with Gasteiger partial charge in [-0.15, -0.1) is 0 Å². The summed E-state index contributed by atoms with van der Waals surface area (Å²) in [5.74, 6) is -3.34. The number of fused-ring (bicyclic) bond motifs is 1. The van der Waals surface area contributed by atoms with Crippen LogP contribution in [0.25, 0.3) is 0 Å². The van der Waals surface area contributed by atoms with Crippen molar-refractivity contribution < 1.29 is 41.4 Å². The van der Waals surface area contributed by atoms with E-state index < -0.39 is 54.5 Å². The standard InChI is InChI=1S/C22H21F4N3O5/c1-28(2)17(30)10-14(11-7-8-15(33-21(23)24)16(9-11)34-22(25)26)29-18(19(27)31)12-5-3-4-6-13(12)20(29)32/h3-9,14,18,21-22H,10H2,1-2H3,(H2,27,31). The summed E-state index contributed by atoms with van der Waals surface area (Å²) in [6, 6.07) is 6.94. The zero-order valence-electron chi connectivity index (χ0n) is 18.1. The first-order chi connectivity index (χ1) is 16.0. The van der Waals surface area contributed by atoms with Gasteiger partial charge in [-0.2, -0.15) is 17.6 Å². The molecule has 1 heterocycles. The summed E-state index contributed by atoms with van der Waals surface area (Å²) in [5.41, 5.74) is 6.17. The fourth-order valence-electron chi connectivity index (χ4n) is 3.79. The minimum absolute atomic E-state index is 0.0693. The number of amides is 3. The van der Waals surface area contributed by atoms with Gasteiger partial charge < -0.3 is 25.0 Å². The second-order valence-corrected chi connectivity index (χ2v) is 7.58. The van der Waals surface area contributed by atoms with Crippen LogP contribution in [0.15, 0.2) is 42.5 Å². The van der Waals surface area contributed by atoms with E-state index in [1.54, 1.807) is 18.2 Å². The minimum Gasteiger partial charge on any atom is -0.431 e. The van der Waals surface area contributed by atoms with Gasteiger partial charge in [-0.05, 0) is 29.3 Å². The molecule has 0 aromatic heterocycles. The molecule has 1 aliphatic heterocycles. The first kappa shape index (κ1) is 24.8. The lowest BCUT2D eigenvalue weighted by atomic mass is 9.98. The Labute approximate surface area is 191 Å². The molecule has 2 aromatic carbocycles. The number of carbonyl (C=O) groups is 3. The fourth-order valence-corrected chi connectivity index (χ4v) is 3.79. The van der Waals surface area contributed by atoms with Crippen LogP contribution in [0.4, 0.5) is 17.6 Å².